The number of thiazole rings is 1. The number of nitrogens with one attached hydrogen (secondary N) is 1. The van der Waals surface area contributed by atoms with Crippen molar-refractivity contribution >= 4 is 32.2 Å². The van der Waals surface area contributed by atoms with Crippen LogP contribution in [0, 0.1) is 6.92 Å². The molecule has 3 aromatic rings. The molecule has 0 saturated carbocycles. The third-order valence-corrected chi connectivity index (χ3v) is 7.88. The molecule has 1 aliphatic rings. The summed E-state index contributed by atoms with van der Waals surface area (Å²) in [6.45, 7) is 3.21. The Hall–Kier alpha value is -2.56. The Balaban J connectivity index is 1.39. The number of aromatic nitrogens is 2. The predicted molar refractivity (Wildman–Crippen MR) is 115 cm³/mol. The topological polar surface area (TPSA) is 101 Å². The summed E-state index contributed by atoms with van der Waals surface area (Å²) in [5.74, 6) is -0.291. The minimum absolute atomic E-state index is 0.130. The van der Waals surface area contributed by atoms with Gasteiger partial charge in [0.05, 0.1) is 4.90 Å². The van der Waals surface area contributed by atoms with Crippen LogP contribution in [0.15, 0.2) is 45.4 Å². The number of hydrogen-bond acceptors (Lipinski definition) is 6. The Morgan fingerprint density at radius 1 is 1.20 bits per heavy atom. The number of rotatable bonds is 6. The number of carbonyl (C=O) groups excluding carboxylic acids is 1. The van der Waals surface area contributed by atoms with Crippen molar-refractivity contribution in [1.29, 1.82) is 0 Å². The van der Waals surface area contributed by atoms with Crippen LogP contribution in [0.2, 0.25) is 0 Å². The summed E-state index contributed by atoms with van der Waals surface area (Å²) in [7, 11) is -3.49. The number of sulfonamides is 1. The molecule has 30 heavy (non-hydrogen) atoms. The molecule has 0 spiro atoms. The fourth-order valence-corrected chi connectivity index (χ4v) is 6.01. The zero-order valence-corrected chi connectivity index (χ0v) is 18.1. The Kier molecular flexibility index (Phi) is 5.72. The van der Waals surface area contributed by atoms with E-state index in [1.54, 1.807) is 11.3 Å². The molecule has 0 radical (unpaired) electrons. The van der Waals surface area contributed by atoms with E-state index in [1.165, 1.54) is 46.0 Å². The Labute approximate surface area is 178 Å². The summed E-state index contributed by atoms with van der Waals surface area (Å²) in [6.07, 6.45) is 2.24. The van der Waals surface area contributed by atoms with Crippen molar-refractivity contribution in [3.8, 4) is 0 Å². The maximum absolute atomic E-state index is 12.6. The predicted octanol–water partition coefficient (Wildman–Crippen LogP) is 1.82. The summed E-state index contributed by atoms with van der Waals surface area (Å²) < 4.78 is 28.2. The molecule has 1 aliphatic heterocycles. The van der Waals surface area contributed by atoms with E-state index in [0.29, 0.717) is 42.3 Å². The van der Waals surface area contributed by atoms with E-state index in [0.717, 1.165) is 18.5 Å². The van der Waals surface area contributed by atoms with Crippen LogP contribution < -0.4 is 10.9 Å². The first-order valence-corrected chi connectivity index (χ1v) is 12.0. The summed E-state index contributed by atoms with van der Waals surface area (Å²) >= 11 is 1.39. The fraction of sp³-hybridized carbons (Fsp3) is 0.350. The smallest absolute Gasteiger partial charge is 0.258 e. The van der Waals surface area contributed by atoms with E-state index in [-0.39, 0.29) is 16.4 Å². The monoisotopic (exact) mass is 446 g/mol. The van der Waals surface area contributed by atoms with Gasteiger partial charge in [0.15, 0.2) is 4.96 Å². The standard InChI is InChI=1S/C20H22N4O4S2/c1-14-12-18(25)24-16(13-29-20(24)22-14)8-9-21-19(26)15-4-6-17(7-5-15)30(27,28)23-10-2-3-11-23/h4-7,12-13H,2-3,8-11H2,1H3,(H,21,26). The van der Waals surface area contributed by atoms with E-state index in [2.05, 4.69) is 10.3 Å². The van der Waals surface area contributed by atoms with E-state index < -0.39 is 10.0 Å². The van der Waals surface area contributed by atoms with Gasteiger partial charge in [0, 0.05) is 54.5 Å². The van der Waals surface area contributed by atoms with Gasteiger partial charge in [-0.05, 0) is 44.0 Å². The first kappa shape index (κ1) is 20.7. The molecule has 4 rings (SSSR count). The van der Waals surface area contributed by atoms with Crippen molar-refractivity contribution in [3.05, 3.63) is 63.0 Å². The highest BCUT2D eigenvalue weighted by atomic mass is 32.2. The molecule has 8 nitrogen and oxygen atoms in total. The lowest BCUT2D eigenvalue weighted by molar-refractivity contribution is 0.0954. The molecule has 0 bridgehead atoms. The van der Waals surface area contributed by atoms with E-state index >= 15 is 0 Å². The maximum atomic E-state index is 12.6. The average Bonchev–Trinajstić information content (AvgIpc) is 3.39. The van der Waals surface area contributed by atoms with Crippen LogP contribution in [0.25, 0.3) is 4.96 Å². The number of benzene rings is 1. The van der Waals surface area contributed by atoms with Gasteiger partial charge < -0.3 is 5.32 Å². The van der Waals surface area contributed by atoms with Crippen LogP contribution in [0.4, 0.5) is 0 Å². The molecular weight excluding hydrogens is 424 g/mol. The van der Waals surface area contributed by atoms with Crippen molar-refractivity contribution in [2.75, 3.05) is 19.6 Å². The van der Waals surface area contributed by atoms with E-state index in [4.69, 9.17) is 0 Å². The summed E-state index contributed by atoms with van der Waals surface area (Å²) in [5.41, 5.74) is 1.73. The number of carbonyl (C=O) groups is 1. The van der Waals surface area contributed by atoms with Gasteiger partial charge in [-0.3, -0.25) is 14.0 Å². The summed E-state index contributed by atoms with van der Waals surface area (Å²) in [6, 6.07) is 7.48. The van der Waals surface area contributed by atoms with Crippen molar-refractivity contribution in [2.45, 2.75) is 31.1 Å². The van der Waals surface area contributed by atoms with E-state index in [9.17, 15) is 18.0 Å². The number of nitrogens with zero attached hydrogens (tertiary/aromatic N) is 3. The first-order chi connectivity index (χ1) is 14.4. The first-order valence-electron chi connectivity index (χ1n) is 9.71. The molecule has 1 amide bonds. The third kappa shape index (κ3) is 4.03. The number of hydrogen-bond donors (Lipinski definition) is 1. The normalized spacial score (nSPS) is 15.0. The Morgan fingerprint density at radius 3 is 2.60 bits per heavy atom. The summed E-state index contributed by atoms with van der Waals surface area (Å²) in [4.78, 5) is 29.8. The fourth-order valence-electron chi connectivity index (χ4n) is 3.52. The molecule has 10 heteroatoms. The van der Waals surface area contributed by atoms with Gasteiger partial charge in [0.1, 0.15) is 0 Å². The van der Waals surface area contributed by atoms with E-state index in [1.807, 2.05) is 5.38 Å². The molecule has 1 fully saturated rings. The van der Waals surface area contributed by atoms with Crippen LogP contribution in [-0.2, 0) is 16.4 Å². The largest absolute Gasteiger partial charge is 0.352 e. The molecule has 1 N–H and O–H groups in total. The van der Waals surface area contributed by atoms with Gasteiger partial charge in [-0.1, -0.05) is 0 Å². The second kappa shape index (κ2) is 8.29. The van der Waals surface area contributed by atoms with Crippen molar-refractivity contribution < 1.29 is 13.2 Å². The quantitative estimate of drug-likeness (QED) is 0.623. The average molecular weight is 447 g/mol. The highest BCUT2D eigenvalue weighted by Crippen LogP contribution is 2.21. The highest BCUT2D eigenvalue weighted by molar-refractivity contribution is 7.89. The van der Waals surface area contributed by atoms with Crippen molar-refractivity contribution in [2.24, 2.45) is 0 Å². The highest BCUT2D eigenvalue weighted by Gasteiger charge is 2.27. The molecule has 158 valence electrons. The lowest BCUT2D eigenvalue weighted by atomic mass is 10.2. The lowest BCUT2D eigenvalue weighted by Gasteiger charge is -2.15. The minimum Gasteiger partial charge on any atom is -0.352 e. The summed E-state index contributed by atoms with van der Waals surface area (Å²) in [5, 5.41) is 4.68. The van der Waals surface area contributed by atoms with Gasteiger partial charge in [0.25, 0.3) is 11.5 Å². The van der Waals surface area contributed by atoms with Crippen molar-refractivity contribution in [1.82, 2.24) is 19.0 Å². The minimum atomic E-state index is -3.49. The Bertz CT molecular complexity index is 1240. The van der Waals surface area contributed by atoms with Crippen molar-refractivity contribution in [3.63, 3.8) is 0 Å². The van der Waals surface area contributed by atoms with Crippen LogP contribution >= 0.6 is 11.3 Å². The maximum Gasteiger partial charge on any atom is 0.258 e. The molecule has 1 saturated heterocycles. The second-order valence-corrected chi connectivity index (χ2v) is 10.00. The van der Waals surface area contributed by atoms with Gasteiger partial charge in [0.2, 0.25) is 10.0 Å². The molecule has 1 aromatic carbocycles. The molecule has 0 unspecified atom stereocenters. The van der Waals surface area contributed by atoms with Gasteiger partial charge >= 0.3 is 0 Å². The zero-order chi connectivity index (χ0) is 21.3. The van der Waals surface area contributed by atoms with Gasteiger partial charge in [-0.2, -0.15) is 4.31 Å². The number of amides is 1. The van der Waals surface area contributed by atoms with Gasteiger partial charge in [-0.25, -0.2) is 13.4 Å². The molecule has 0 atom stereocenters. The SMILES string of the molecule is Cc1cc(=O)n2c(CCNC(=O)c3ccc(S(=O)(=O)N4CCCC4)cc3)csc2n1. The lowest BCUT2D eigenvalue weighted by Crippen LogP contribution is -2.28. The van der Waals surface area contributed by atoms with Gasteiger partial charge in [-0.15, -0.1) is 11.3 Å². The van der Waals surface area contributed by atoms with Crippen LogP contribution in [0.5, 0.6) is 0 Å². The molecular formula is C20H22N4O4S2. The van der Waals surface area contributed by atoms with Crippen LogP contribution in [-0.4, -0.2) is 47.6 Å². The zero-order valence-electron chi connectivity index (χ0n) is 16.5. The second-order valence-electron chi connectivity index (χ2n) is 7.22. The van der Waals surface area contributed by atoms with Crippen LogP contribution in [0.3, 0.4) is 0 Å². The molecule has 2 aromatic heterocycles. The van der Waals surface area contributed by atoms with Crippen LogP contribution in [0.1, 0.15) is 34.6 Å². The molecule has 0 aliphatic carbocycles. The molecule has 3 heterocycles. The number of aryl methyl sites for hydroxylation is 1. The Morgan fingerprint density at radius 2 is 1.90 bits per heavy atom. The third-order valence-electron chi connectivity index (χ3n) is 5.09. The number of fused-ring (bicyclic) bond motifs is 1.